The summed E-state index contributed by atoms with van der Waals surface area (Å²) in [6, 6.07) is 10.7. The van der Waals surface area contributed by atoms with Gasteiger partial charge in [-0.3, -0.25) is 4.99 Å². The molecule has 1 unspecified atom stereocenters. The van der Waals surface area contributed by atoms with E-state index in [1.165, 1.54) is 16.7 Å². The predicted octanol–water partition coefficient (Wildman–Crippen LogP) is 3.41. The topological polar surface area (TPSA) is 61.8 Å². The molecule has 1 saturated heterocycles. The second-order valence-electron chi connectivity index (χ2n) is 7.36. The van der Waals surface area contributed by atoms with Crippen molar-refractivity contribution in [1.29, 1.82) is 0 Å². The van der Waals surface area contributed by atoms with Gasteiger partial charge in [0.05, 0.1) is 12.7 Å². The average molecular weight is 509 g/mol. The molecule has 1 atom stereocenters. The van der Waals surface area contributed by atoms with Gasteiger partial charge in [0.15, 0.2) is 5.96 Å². The number of guanidine groups is 1. The van der Waals surface area contributed by atoms with Crippen LogP contribution in [0.3, 0.4) is 0 Å². The number of morpholine rings is 1. The second kappa shape index (κ2) is 11.3. The van der Waals surface area contributed by atoms with Crippen LogP contribution in [-0.4, -0.2) is 43.8 Å². The molecule has 3 rings (SSSR count). The molecule has 0 spiro atoms. The largest absolute Gasteiger partial charge is 0.375 e. The van der Waals surface area contributed by atoms with Gasteiger partial charge in [0.25, 0.3) is 0 Å². The Bertz CT molecular complexity index is 809. The zero-order chi connectivity index (χ0) is 19.9. The summed E-state index contributed by atoms with van der Waals surface area (Å²) in [5, 5.41) is 6.74. The maximum absolute atomic E-state index is 5.60. The van der Waals surface area contributed by atoms with E-state index in [9.17, 15) is 0 Å². The monoisotopic (exact) mass is 509 g/mol. The number of hydrogen-bond acceptors (Lipinski definition) is 4. The van der Waals surface area contributed by atoms with Crippen LogP contribution in [0.5, 0.6) is 0 Å². The fourth-order valence-corrected chi connectivity index (χ4v) is 3.36. The molecule has 1 aliphatic rings. The Hall–Kier alpha value is -1.87. The van der Waals surface area contributed by atoms with Crippen LogP contribution in [0.4, 0.5) is 5.82 Å². The van der Waals surface area contributed by atoms with Crippen molar-refractivity contribution in [1.82, 2.24) is 15.6 Å². The van der Waals surface area contributed by atoms with Gasteiger partial charge in [-0.15, -0.1) is 24.0 Å². The molecule has 2 heterocycles. The van der Waals surface area contributed by atoms with Gasteiger partial charge in [-0.2, -0.15) is 0 Å². The zero-order valence-electron chi connectivity index (χ0n) is 17.7. The Balaban J connectivity index is 0.00000300. The number of pyridine rings is 1. The molecule has 6 nitrogen and oxygen atoms in total. The normalized spacial score (nSPS) is 16.9. The van der Waals surface area contributed by atoms with Crippen LogP contribution in [0.2, 0.25) is 0 Å². The van der Waals surface area contributed by atoms with Crippen molar-refractivity contribution in [2.45, 2.75) is 40.0 Å². The molecule has 7 heteroatoms. The number of aromatic nitrogens is 1. The molecule has 1 fully saturated rings. The molecular formula is C22H32IN5O. The smallest absolute Gasteiger partial charge is 0.191 e. The minimum absolute atomic E-state index is 0. The number of nitrogens with zero attached hydrogens (tertiary/aromatic N) is 3. The summed E-state index contributed by atoms with van der Waals surface area (Å²) >= 11 is 0. The highest BCUT2D eigenvalue weighted by molar-refractivity contribution is 14.0. The number of benzene rings is 1. The van der Waals surface area contributed by atoms with Gasteiger partial charge in [-0.05, 0) is 43.5 Å². The summed E-state index contributed by atoms with van der Waals surface area (Å²) in [6.45, 7) is 10.3. The average Bonchev–Trinajstić information content (AvgIpc) is 2.70. The molecule has 29 heavy (non-hydrogen) atoms. The SMILES string of the molecule is CN=C(NCc1ccc(N2CCOC(C)C2)nc1)NCc1ccc(C)cc1C.I. The van der Waals surface area contributed by atoms with Gasteiger partial charge in [0.2, 0.25) is 0 Å². The third-order valence-electron chi connectivity index (χ3n) is 5.00. The van der Waals surface area contributed by atoms with E-state index in [4.69, 9.17) is 4.74 Å². The van der Waals surface area contributed by atoms with Crippen molar-refractivity contribution in [2.75, 3.05) is 31.6 Å². The molecular weight excluding hydrogens is 477 g/mol. The van der Waals surface area contributed by atoms with Gasteiger partial charge < -0.3 is 20.3 Å². The minimum Gasteiger partial charge on any atom is -0.375 e. The van der Waals surface area contributed by atoms with Crippen LogP contribution in [0.1, 0.15) is 29.2 Å². The van der Waals surface area contributed by atoms with Crippen LogP contribution in [0, 0.1) is 13.8 Å². The number of hydrogen-bond donors (Lipinski definition) is 2. The van der Waals surface area contributed by atoms with E-state index < -0.39 is 0 Å². The highest BCUT2D eigenvalue weighted by Gasteiger charge is 2.17. The predicted molar refractivity (Wildman–Crippen MR) is 130 cm³/mol. The fraction of sp³-hybridized carbons (Fsp3) is 0.455. The zero-order valence-corrected chi connectivity index (χ0v) is 20.1. The van der Waals surface area contributed by atoms with Crippen molar-refractivity contribution < 1.29 is 4.74 Å². The Labute approximate surface area is 191 Å². The number of ether oxygens (including phenoxy) is 1. The number of nitrogens with one attached hydrogen (secondary N) is 2. The van der Waals surface area contributed by atoms with Crippen molar-refractivity contribution >= 4 is 35.8 Å². The molecule has 1 aliphatic heterocycles. The van der Waals surface area contributed by atoms with Gasteiger partial charge >= 0.3 is 0 Å². The van der Waals surface area contributed by atoms with Crippen LogP contribution < -0.4 is 15.5 Å². The summed E-state index contributed by atoms with van der Waals surface area (Å²) in [4.78, 5) is 11.2. The molecule has 1 aromatic carbocycles. The van der Waals surface area contributed by atoms with E-state index >= 15 is 0 Å². The van der Waals surface area contributed by atoms with E-state index in [1.54, 1.807) is 7.05 Å². The molecule has 1 aromatic heterocycles. The quantitative estimate of drug-likeness (QED) is 0.368. The highest BCUT2D eigenvalue weighted by Crippen LogP contribution is 2.15. The van der Waals surface area contributed by atoms with Crippen molar-refractivity contribution in [3.8, 4) is 0 Å². The lowest BCUT2D eigenvalue weighted by molar-refractivity contribution is 0.0529. The number of halogens is 1. The van der Waals surface area contributed by atoms with Crippen LogP contribution >= 0.6 is 24.0 Å². The van der Waals surface area contributed by atoms with Crippen LogP contribution in [0.15, 0.2) is 41.5 Å². The molecule has 2 aromatic rings. The minimum atomic E-state index is 0. The lowest BCUT2D eigenvalue weighted by Crippen LogP contribution is -2.41. The van der Waals surface area contributed by atoms with Crippen molar-refractivity contribution in [2.24, 2.45) is 4.99 Å². The summed E-state index contributed by atoms with van der Waals surface area (Å²) < 4.78 is 5.60. The van der Waals surface area contributed by atoms with E-state index in [1.807, 2.05) is 6.20 Å². The first kappa shape index (κ1) is 23.4. The lowest BCUT2D eigenvalue weighted by atomic mass is 10.1. The molecule has 158 valence electrons. The van der Waals surface area contributed by atoms with Crippen LogP contribution in [0.25, 0.3) is 0 Å². The number of aliphatic imine (C=N–C) groups is 1. The van der Waals surface area contributed by atoms with Gasteiger partial charge in [0, 0.05) is 39.4 Å². The van der Waals surface area contributed by atoms with E-state index in [2.05, 4.69) is 76.6 Å². The maximum atomic E-state index is 5.60. The second-order valence-corrected chi connectivity index (χ2v) is 7.36. The highest BCUT2D eigenvalue weighted by atomic mass is 127. The number of aryl methyl sites for hydroxylation is 2. The number of rotatable bonds is 5. The van der Waals surface area contributed by atoms with Crippen molar-refractivity contribution in [3.05, 3.63) is 58.8 Å². The molecule has 0 saturated carbocycles. The Morgan fingerprint density at radius 1 is 1.21 bits per heavy atom. The maximum Gasteiger partial charge on any atom is 0.191 e. The summed E-state index contributed by atoms with van der Waals surface area (Å²) in [5.74, 6) is 1.79. The summed E-state index contributed by atoms with van der Waals surface area (Å²) in [6.07, 6.45) is 2.18. The van der Waals surface area contributed by atoms with E-state index in [0.29, 0.717) is 6.54 Å². The van der Waals surface area contributed by atoms with E-state index in [0.717, 1.165) is 43.6 Å². The first-order chi connectivity index (χ1) is 13.5. The van der Waals surface area contributed by atoms with Gasteiger partial charge in [-0.1, -0.05) is 29.8 Å². The number of anilines is 1. The Morgan fingerprint density at radius 2 is 2.00 bits per heavy atom. The molecule has 0 aliphatic carbocycles. The standard InChI is InChI=1S/C22H31N5O.HI/c1-16-5-7-20(17(2)11-16)14-26-22(23-4)25-13-19-6-8-21(24-12-19)27-9-10-28-18(3)15-27;/h5-8,11-12,18H,9-10,13-15H2,1-4H3,(H2,23,25,26);1H. The van der Waals surface area contributed by atoms with Crippen molar-refractivity contribution in [3.63, 3.8) is 0 Å². The van der Waals surface area contributed by atoms with Gasteiger partial charge in [-0.25, -0.2) is 4.98 Å². The van der Waals surface area contributed by atoms with Gasteiger partial charge in [0.1, 0.15) is 5.82 Å². The molecule has 0 radical (unpaired) electrons. The fourth-order valence-electron chi connectivity index (χ4n) is 3.36. The molecule has 2 N–H and O–H groups in total. The summed E-state index contributed by atoms with van der Waals surface area (Å²) in [7, 11) is 1.79. The Kier molecular flexibility index (Phi) is 9.16. The first-order valence-electron chi connectivity index (χ1n) is 9.87. The Morgan fingerprint density at radius 3 is 2.66 bits per heavy atom. The molecule has 0 amide bonds. The summed E-state index contributed by atoms with van der Waals surface area (Å²) in [5.41, 5.74) is 4.98. The van der Waals surface area contributed by atoms with E-state index in [-0.39, 0.29) is 30.1 Å². The lowest BCUT2D eigenvalue weighted by Gasteiger charge is -2.32. The third kappa shape index (κ3) is 6.85. The first-order valence-corrected chi connectivity index (χ1v) is 9.87. The third-order valence-corrected chi connectivity index (χ3v) is 5.00. The molecule has 0 bridgehead atoms. The van der Waals surface area contributed by atoms with Crippen LogP contribution in [-0.2, 0) is 17.8 Å².